The Labute approximate surface area is 253 Å². The molecule has 9 rings (SSSR count). The molecule has 0 atom stereocenters. The van der Waals surface area contributed by atoms with Crippen molar-refractivity contribution >= 4 is 54.4 Å². The molecule has 0 fully saturated rings. The molecule has 0 aliphatic rings. The van der Waals surface area contributed by atoms with Crippen LogP contribution in [-0.4, -0.2) is 19.9 Å². The van der Waals surface area contributed by atoms with E-state index in [-0.39, 0.29) is 0 Å². The van der Waals surface area contributed by atoms with Gasteiger partial charge in [0.2, 0.25) is 0 Å². The lowest BCUT2D eigenvalue weighted by atomic mass is 10.00. The van der Waals surface area contributed by atoms with Gasteiger partial charge in [0.25, 0.3) is 0 Å². The Bertz CT molecular complexity index is 2570. The van der Waals surface area contributed by atoms with Gasteiger partial charge in [0.05, 0.1) is 39.1 Å². The second kappa shape index (κ2) is 9.79. The van der Waals surface area contributed by atoms with E-state index in [0.717, 1.165) is 77.4 Å². The molecule has 0 aliphatic heterocycles. The van der Waals surface area contributed by atoms with Crippen LogP contribution in [0, 0.1) is 0 Å². The Morgan fingerprint density at radius 2 is 0.841 bits per heavy atom. The molecule has 0 radical (unpaired) electrons. The third-order valence-electron chi connectivity index (χ3n) is 8.45. The minimum Gasteiger partial charge on any atom is -0.254 e. The summed E-state index contributed by atoms with van der Waals surface area (Å²) in [6, 6.07) is 48.7. The first-order valence-electron chi connectivity index (χ1n) is 14.7. The van der Waals surface area contributed by atoms with Gasteiger partial charge in [-0.1, -0.05) is 84.9 Å². The molecule has 0 unspecified atom stereocenters. The van der Waals surface area contributed by atoms with Crippen molar-refractivity contribution in [2.75, 3.05) is 0 Å². The quantitative estimate of drug-likeness (QED) is 0.202. The summed E-state index contributed by atoms with van der Waals surface area (Å²) >= 11 is 0. The lowest BCUT2D eigenvalue weighted by molar-refractivity contribution is 1.31. The van der Waals surface area contributed by atoms with Crippen molar-refractivity contribution in [2.24, 2.45) is 0 Å². The Morgan fingerprint density at radius 3 is 1.61 bits per heavy atom. The Morgan fingerprint density at radius 1 is 0.318 bits per heavy atom. The second-order valence-corrected chi connectivity index (χ2v) is 11.2. The van der Waals surface area contributed by atoms with Gasteiger partial charge in [-0.2, -0.15) is 0 Å². The molecule has 0 N–H and O–H groups in total. The average Bonchev–Trinajstić information content (AvgIpc) is 3.10. The molecule has 4 aromatic heterocycles. The molecular weight excluding hydrogens is 536 g/mol. The summed E-state index contributed by atoms with van der Waals surface area (Å²) in [5, 5.41) is 6.81. The zero-order valence-electron chi connectivity index (χ0n) is 23.6. The summed E-state index contributed by atoms with van der Waals surface area (Å²) in [4.78, 5) is 19.5. The van der Waals surface area contributed by atoms with Crippen molar-refractivity contribution in [3.8, 4) is 33.8 Å². The third-order valence-corrected chi connectivity index (χ3v) is 8.45. The third kappa shape index (κ3) is 4.16. The highest BCUT2D eigenvalue weighted by Gasteiger charge is 2.10. The Balaban J connectivity index is 1.04. The minimum absolute atomic E-state index is 0.840. The van der Waals surface area contributed by atoms with Gasteiger partial charge >= 0.3 is 0 Å². The molecule has 0 amide bonds. The van der Waals surface area contributed by atoms with Crippen LogP contribution in [0.2, 0.25) is 0 Å². The fraction of sp³-hybridized carbons (Fsp3) is 0. The zero-order valence-corrected chi connectivity index (χ0v) is 23.6. The molecule has 4 nitrogen and oxygen atoms in total. The maximum Gasteiger partial charge on any atom is 0.0972 e. The molecular formula is C40H24N4. The summed E-state index contributed by atoms with van der Waals surface area (Å²) in [6.45, 7) is 0. The lowest BCUT2D eigenvalue weighted by Crippen LogP contribution is -1.91. The van der Waals surface area contributed by atoms with Crippen LogP contribution in [0.4, 0.5) is 0 Å². The monoisotopic (exact) mass is 560 g/mol. The van der Waals surface area contributed by atoms with E-state index in [1.807, 2.05) is 18.3 Å². The van der Waals surface area contributed by atoms with Crippen molar-refractivity contribution in [3.05, 3.63) is 146 Å². The van der Waals surface area contributed by atoms with Crippen LogP contribution in [0.15, 0.2) is 146 Å². The van der Waals surface area contributed by atoms with Gasteiger partial charge in [-0.15, -0.1) is 0 Å². The maximum atomic E-state index is 4.99. The van der Waals surface area contributed by atoms with E-state index < -0.39 is 0 Å². The van der Waals surface area contributed by atoms with Crippen LogP contribution in [-0.2, 0) is 0 Å². The predicted molar refractivity (Wildman–Crippen MR) is 181 cm³/mol. The molecule has 0 aliphatic carbocycles. The zero-order chi connectivity index (χ0) is 29.0. The SMILES string of the molecule is c1ccc2cc(-c3ccc4cc(-c5ccc6nc(-c7ccc8ccc9cccnc9c8n7)ccc6c5)ccc4n3)ccc2c1. The normalized spacial score (nSPS) is 11.6. The number of pyridine rings is 4. The summed E-state index contributed by atoms with van der Waals surface area (Å²) in [5.41, 5.74) is 9.82. The van der Waals surface area contributed by atoms with Crippen LogP contribution in [0.3, 0.4) is 0 Å². The molecule has 5 aromatic carbocycles. The average molecular weight is 561 g/mol. The van der Waals surface area contributed by atoms with Crippen LogP contribution in [0.1, 0.15) is 0 Å². The van der Waals surface area contributed by atoms with Crippen molar-refractivity contribution in [2.45, 2.75) is 0 Å². The molecule has 0 saturated heterocycles. The fourth-order valence-corrected chi connectivity index (χ4v) is 6.13. The molecule has 0 saturated carbocycles. The van der Waals surface area contributed by atoms with Gasteiger partial charge < -0.3 is 0 Å². The van der Waals surface area contributed by atoms with Crippen LogP contribution >= 0.6 is 0 Å². The van der Waals surface area contributed by atoms with Gasteiger partial charge in [-0.05, 0) is 76.5 Å². The first-order chi connectivity index (χ1) is 21.7. The number of benzene rings is 5. The lowest BCUT2D eigenvalue weighted by Gasteiger charge is -2.09. The van der Waals surface area contributed by atoms with E-state index >= 15 is 0 Å². The number of aromatic nitrogens is 4. The standard InChI is InChI=1S/C40H24N4/c1-2-5-28-22-31(10-7-25(28)4-1)35-18-14-32-23-29(12-16-34(32)42-35)30-13-17-36-33(24-30)15-20-37(43-36)38-19-11-27-9-8-26-6-3-21-41-39(26)40(27)44-38/h1-24H. The molecule has 9 aromatic rings. The number of fused-ring (bicyclic) bond motifs is 6. The summed E-state index contributed by atoms with van der Waals surface area (Å²) in [7, 11) is 0. The molecule has 204 valence electrons. The van der Waals surface area contributed by atoms with Crippen molar-refractivity contribution in [1.82, 2.24) is 19.9 Å². The molecule has 4 heteroatoms. The minimum atomic E-state index is 0.840. The topological polar surface area (TPSA) is 51.6 Å². The predicted octanol–water partition coefficient (Wildman–Crippen LogP) is 10.0. The largest absolute Gasteiger partial charge is 0.254 e. The summed E-state index contributed by atoms with van der Waals surface area (Å²) in [5.74, 6) is 0. The van der Waals surface area contributed by atoms with Crippen LogP contribution in [0.5, 0.6) is 0 Å². The van der Waals surface area contributed by atoms with E-state index in [9.17, 15) is 0 Å². The number of nitrogens with zero attached hydrogens (tertiary/aromatic N) is 4. The summed E-state index contributed by atoms with van der Waals surface area (Å²) < 4.78 is 0. The summed E-state index contributed by atoms with van der Waals surface area (Å²) in [6.07, 6.45) is 1.82. The van der Waals surface area contributed by atoms with Gasteiger partial charge in [0.15, 0.2) is 0 Å². The van der Waals surface area contributed by atoms with E-state index in [4.69, 9.17) is 15.0 Å². The van der Waals surface area contributed by atoms with Crippen LogP contribution < -0.4 is 0 Å². The highest BCUT2D eigenvalue weighted by atomic mass is 14.8. The maximum absolute atomic E-state index is 4.99. The molecule has 44 heavy (non-hydrogen) atoms. The van der Waals surface area contributed by atoms with Crippen molar-refractivity contribution in [3.63, 3.8) is 0 Å². The van der Waals surface area contributed by atoms with E-state index in [2.05, 4.69) is 132 Å². The number of hydrogen-bond donors (Lipinski definition) is 0. The Hall–Kier alpha value is -6.00. The van der Waals surface area contributed by atoms with Crippen molar-refractivity contribution < 1.29 is 0 Å². The van der Waals surface area contributed by atoms with Gasteiger partial charge in [0, 0.05) is 33.3 Å². The second-order valence-electron chi connectivity index (χ2n) is 11.2. The molecule has 0 spiro atoms. The van der Waals surface area contributed by atoms with Crippen LogP contribution in [0.25, 0.3) is 88.2 Å². The smallest absolute Gasteiger partial charge is 0.0972 e. The van der Waals surface area contributed by atoms with Crippen molar-refractivity contribution in [1.29, 1.82) is 0 Å². The highest BCUT2D eigenvalue weighted by Crippen LogP contribution is 2.31. The first kappa shape index (κ1) is 24.6. The van der Waals surface area contributed by atoms with E-state index in [0.29, 0.717) is 0 Å². The van der Waals surface area contributed by atoms with Gasteiger partial charge in [0.1, 0.15) is 0 Å². The Kier molecular flexibility index (Phi) is 5.47. The van der Waals surface area contributed by atoms with Gasteiger partial charge in [-0.25, -0.2) is 15.0 Å². The highest BCUT2D eigenvalue weighted by molar-refractivity contribution is 6.03. The number of hydrogen-bond acceptors (Lipinski definition) is 4. The van der Waals surface area contributed by atoms with E-state index in [1.165, 1.54) is 10.8 Å². The first-order valence-corrected chi connectivity index (χ1v) is 14.7. The fourth-order valence-electron chi connectivity index (χ4n) is 6.13. The number of rotatable bonds is 3. The van der Waals surface area contributed by atoms with Gasteiger partial charge in [-0.3, -0.25) is 4.98 Å². The van der Waals surface area contributed by atoms with E-state index in [1.54, 1.807) is 0 Å². The molecule has 0 bridgehead atoms. The molecule has 4 heterocycles.